The standard InChI is InChI=1S/C21H26N8O2/c1-21(23)7-9-29(10-8-21)18-16(19-27-24-12-31-19)25-15(17(22)26-18)13-5-4-6-14(11-13)20(30)28(2)3/h4-6,11-12H,7-10,23H2,1-3H3,(H2,22,26). The van der Waals surface area contributed by atoms with Crippen LogP contribution in [-0.2, 0) is 0 Å². The van der Waals surface area contributed by atoms with Crippen LogP contribution in [0.5, 0.6) is 0 Å². The van der Waals surface area contributed by atoms with Crippen molar-refractivity contribution in [2.24, 2.45) is 5.73 Å². The van der Waals surface area contributed by atoms with Gasteiger partial charge in [0.15, 0.2) is 17.3 Å². The molecule has 3 aromatic rings. The average molecular weight is 422 g/mol. The smallest absolute Gasteiger partial charge is 0.269 e. The number of hydrogen-bond acceptors (Lipinski definition) is 9. The number of anilines is 2. The number of rotatable bonds is 4. The molecule has 1 fully saturated rings. The van der Waals surface area contributed by atoms with Gasteiger partial charge in [-0.05, 0) is 31.9 Å². The van der Waals surface area contributed by atoms with Crippen molar-refractivity contribution in [2.75, 3.05) is 37.8 Å². The molecule has 1 amide bonds. The van der Waals surface area contributed by atoms with E-state index in [4.69, 9.17) is 20.9 Å². The molecule has 2 aromatic heterocycles. The van der Waals surface area contributed by atoms with Gasteiger partial charge in [0.05, 0.1) is 0 Å². The Labute approximate surface area is 180 Å². The molecule has 0 aliphatic carbocycles. The van der Waals surface area contributed by atoms with Crippen LogP contribution in [0.1, 0.15) is 30.1 Å². The third kappa shape index (κ3) is 4.19. The Hall–Kier alpha value is -3.53. The molecular formula is C21H26N8O2. The molecule has 31 heavy (non-hydrogen) atoms. The van der Waals surface area contributed by atoms with E-state index in [9.17, 15) is 4.79 Å². The molecule has 1 aliphatic heterocycles. The monoisotopic (exact) mass is 422 g/mol. The number of piperidine rings is 1. The van der Waals surface area contributed by atoms with Crippen LogP contribution in [0.25, 0.3) is 22.8 Å². The van der Waals surface area contributed by atoms with Crippen LogP contribution in [0.2, 0.25) is 0 Å². The van der Waals surface area contributed by atoms with Crippen molar-refractivity contribution in [3.8, 4) is 22.8 Å². The molecular weight excluding hydrogens is 396 g/mol. The van der Waals surface area contributed by atoms with Gasteiger partial charge in [-0.3, -0.25) is 4.79 Å². The van der Waals surface area contributed by atoms with Crippen molar-refractivity contribution in [2.45, 2.75) is 25.3 Å². The number of carbonyl (C=O) groups is 1. The lowest BCUT2D eigenvalue weighted by Crippen LogP contribution is -2.48. The molecule has 0 atom stereocenters. The Morgan fingerprint density at radius 1 is 1.19 bits per heavy atom. The summed E-state index contributed by atoms with van der Waals surface area (Å²) in [5.41, 5.74) is 14.5. The number of hydrogen-bond donors (Lipinski definition) is 2. The van der Waals surface area contributed by atoms with E-state index in [-0.39, 0.29) is 23.2 Å². The summed E-state index contributed by atoms with van der Waals surface area (Å²) >= 11 is 0. The van der Waals surface area contributed by atoms with Gasteiger partial charge in [0.25, 0.3) is 11.8 Å². The molecule has 1 saturated heterocycles. The van der Waals surface area contributed by atoms with E-state index in [1.165, 1.54) is 11.3 Å². The van der Waals surface area contributed by atoms with Crippen LogP contribution >= 0.6 is 0 Å². The molecule has 3 heterocycles. The van der Waals surface area contributed by atoms with Gasteiger partial charge in [-0.1, -0.05) is 12.1 Å². The van der Waals surface area contributed by atoms with Gasteiger partial charge in [0.1, 0.15) is 5.69 Å². The molecule has 10 heteroatoms. The molecule has 162 valence electrons. The average Bonchev–Trinajstić information content (AvgIpc) is 3.28. The highest BCUT2D eigenvalue weighted by Crippen LogP contribution is 2.34. The summed E-state index contributed by atoms with van der Waals surface area (Å²) in [6, 6.07) is 7.13. The second kappa shape index (κ2) is 7.95. The predicted molar refractivity (Wildman–Crippen MR) is 117 cm³/mol. The Morgan fingerprint density at radius 3 is 2.58 bits per heavy atom. The van der Waals surface area contributed by atoms with Crippen molar-refractivity contribution < 1.29 is 9.21 Å². The van der Waals surface area contributed by atoms with E-state index >= 15 is 0 Å². The molecule has 0 radical (unpaired) electrons. The summed E-state index contributed by atoms with van der Waals surface area (Å²) in [6.07, 6.45) is 2.88. The van der Waals surface area contributed by atoms with Crippen molar-refractivity contribution in [3.63, 3.8) is 0 Å². The topological polar surface area (TPSA) is 140 Å². The maximum Gasteiger partial charge on any atom is 0.269 e. The lowest BCUT2D eigenvalue weighted by molar-refractivity contribution is 0.0827. The Morgan fingerprint density at radius 2 is 1.94 bits per heavy atom. The van der Waals surface area contributed by atoms with Gasteiger partial charge in [-0.15, -0.1) is 10.2 Å². The summed E-state index contributed by atoms with van der Waals surface area (Å²) in [6.45, 7) is 3.48. The van der Waals surface area contributed by atoms with Crippen LogP contribution in [0.3, 0.4) is 0 Å². The molecule has 4 N–H and O–H groups in total. The summed E-state index contributed by atoms with van der Waals surface area (Å²) < 4.78 is 5.44. The molecule has 0 spiro atoms. The maximum absolute atomic E-state index is 12.4. The van der Waals surface area contributed by atoms with E-state index in [1.807, 2.05) is 6.07 Å². The highest BCUT2D eigenvalue weighted by atomic mass is 16.4. The minimum absolute atomic E-state index is 0.111. The maximum atomic E-state index is 12.4. The molecule has 10 nitrogen and oxygen atoms in total. The van der Waals surface area contributed by atoms with Crippen LogP contribution in [0, 0.1) is 0 Å². The first-order chi connectivity index (χ1) is 14.7. The zero-order chi connectivity index (χ0) is 22.2. The number of nitrogens with two attached hydrogens (primary N) is 2. The highest BCUT2D eigenvalue weighted by molar-refractivity contribution is 5.95. The lowest BCUT2D eigenvalue weighted by Gasteiger charge is -2.37. The third-order valence-electron chi connectivity index (χ3n) is 5.46. The number of benzene rings is 1. The molecule has 1 aliphatic rings. The minimum atomic E-state index is -0.209. The van der Waals surface area contributed by atoms with Crippen molar-refractivity contribution in [3.05, 3.63) is 36.2 Å². The Kier molecular flexibility index (Phi) is 5.32. The first-order valence-electron chi connectivity index (χ1n) is 10.1. The van der Waals surface area contributed by atoms with Crippen molar-refractivity contribution in [1.82, 2.24) is 25.1 Å². The van der Waals surface area contributed by atoms with Crippen LogP contribution in [0.15, 0.2) is 35.1 Å². The fourth-order valence-electron chi connectivity index (χ4n) is 3.58. The van der Waals surface area contributed by atoms with Crippen molar-refractivity contribution >= 4 is 17.5 Å². The van der Waals surface area contributed by atoms with E-state index in [1.54, 1.807) is 32.3 Å². The van der Waals surface area contributed by atoms with Gasteiger partial charge in [0, 0.05) is 43.9 Å². The van der Waals surface area contributed by atoms with Crippen LogP contribution in [0.4, 0.5) is 11.6 Å². The van der Waals surface area contributed by atoms with E-state index in [0.29, 0.717) is 41.4 Å². The first kappa shape index (κ1) is 20.7. The second-order valence-electron chi connectivity index (χ2n) is 8.30. The molecule has 0 saturated carbocycles. The van der Waals surface area contributed by atoms with E-state index < -0.39 is 0 Å². The molecule has 0 bridgehead atoms. The molecule has 1 aromatic carbocycles. The zero-order valence-corrected chi connectivity index (χ0v) is 17.9. The van der Waals surface area contributed by atoms with Gasteiger partial charge in [-0.25, -0.2) is 9.97 Å². The molecule has 4 rings (SSSR count). The zero-order valence-electron chi connectivity index (χ0n) is 17.9. The fraction of sp³-hybridized carbons (Fsp3) is 0.381. The summed E-state index contributed by atoms with van der Waals surface area (Å²) in [5.74, 6) is 0.987. The third-order valence-corrected chi connectivity index (χ3v) is 5.46. The number of amides is 1. The quantitative estimate of drug-likeness (QED) is 0.644. The predicted octanol–water partition coefficient (Wildman–Crippen LogP) is 1.80. The van der Waals surface area contributed by atoms with Crippen LogP contribution in [-0.4, -0.2) is 63.7 Å². The van der Waals surface area contributed by atoms with Gasteiger partial charge < -0.3 is 25.7 Å². The second-order valence-corrected chi connectivity index (χ2v) is 8.30. The largest absolute Gasteiger partial charge is 0.422 e. The number of aromatic nitrogens is 4. The van der Waals surface area contributed by atoms with E-state index in [0.717, 1.165) is 12.8 Å². The van der Waals surface area contributed by atoms with Gasteiger partial charge in [0.2, 0.25) is 6.39 Å². The summed E-state index contributed by atoms with van der Waals surface area (Å²) in [7, 11) is 3.41. The normalized spacial score (nSPS) is 15.7. The number of nitrogens with zero attached hydrogens (tertiary/aromatic N) is 6. The van der Waals surface area contributed by atoms with E-state index in [2.05, 4.69) is 27.0 Å². The summed E-state index contributed by atoms with van der Waals surface area (Å²) in [5, 5.41) is 7.82. The van der Waals surface area contributed by atoms with Gasteiger partial charge in [-0.2, -0.15) is 0 Å². The minimum Gasteiger partial charge on any atom is -0.422 e. The number of nitrogen functional groups attached to an aromatic ring is 1. The Balaban J connectivity index is 1.79. The SMILES string of the molecule is CN(C)C(=O)c1cccc(-c2nc(-c3nnco3)c(N3CCC(C)(N)CC3)nc2N)c1. The molecule has 0 unspecified atom stereocenters. The number of carbonyl (C=O) groups excluding carboxylic acids is 1. The fourth-order valence-corrected chi connectivity index (χ4v) is 3.58. The highest BCUT2D eigenvalue weighted by Gasteiger charge is 2.30. The van der Waals surface area contributed by atoms with Gasteiger partial charge >= 0.3 is 0 Å². The Bertz CT molecular complexity index is 1080. The summed E-state index contributed by atoms with van der Waals surface area (Å²) in [4.78, 5) is 25.4. The van der Waals surface area contributed by atoms with Crippen LogP contribution < -0.4 is 16.4 Å². The first-order valence-corrected chi connectivity index (χ1v) is 10.1. The lowest BCUT2D eigenvalue weighted by atomic mass is 9.91. The van der Waals surface area contributed by atoms with Crippen molar-refractivity contribution in [1.29, 1.82) is 0 Å².